The van der Waals surface area contributed by atoms with Gasteiger partial charge in [-0.1, -0.05) is 30.3 Å². The summed E-state index contributed by atoms with van der Waals surface area (Å²) in [6, 6.07) is 19.0. The molecule has 0 bridgehead atoms. The molecular formula is C25H26F2N2OS. The number of rotatable bonds is 7. The molecule has 0 saturated carbocycles. The number of anilines is 1. The molecule has 0 aromatic heterocycles. The number of aliphatic hydroxyl groups is 1. The van der Waals surface area contributed by atoms with Gasteiger partial charge in [0.25, 0.3) is 0 Å². The fourth-order valence-corrected chi connectivity index (χ4v) is 3.46. The quantitative estimate of drug-likeness (QED) is 0.400. The maximum Gasteiger partial charge on any atom is 0.168 e. The number of nitrogens with two attached hydrogens (primary N) is 1. The highest BCUT2D eigenvalue weighted by atomic mass is 32.2. The molecule has 0 spiro atoms. The maximum absolute atomic E-state index is 14.5. The summed E-state index contributed by atoms with van der Waals surface area (Å²) in [6.45, 7) is 3.12. The summed E-state index contributed by atoms with van der Waals surface area (Å²) in [6.07, 6.45) is 3.54. The van der Waals surface area contributed by atoms with Crippen LogP contribution >= 0.6 is 11.8 Å². The van der Waals surface area contributed by atoms with E-state index in [1.807, 2.05) is 42.7 Å². The zero-order valence-corrected chi connectivity index (χ0v) is 18.5. The van der Waals surface area contributed by atoms with Crippen LogP contribution < -0.4 is 11.1 Å². The second-order valence-electron chi connectivity index (χ2n) is 7.80. The molecule has 0 aliphatic rings. The molecule has 3 nitrogen and oxygen atoms in total. The number of hydrogen-bond donors (Lipinski definition) is 3. The van der Waals surface area contributed by atoms with Gasteiger partial charge in [-0.15, -0.1) is 11.8 Å². The molecule has 6 heteroatoms. The van der Waals surface area contributed by atoms with Crippen LogP contribution in [-0.2, 0) is 0 Å². The van der Waals surface area contributed by atoms with Crippen LogP contribution in [0, 0.1) is 11.6 Å². The number of nitrogens with one attached hydrogen (secondary N) is 1. The van der Waals surface area contributed by atoms with Gasteiger partial charge in [0.2, 0.25) is 0 Å². The summed E-state index contributed by atoms with van der Waals surface area (Å²) in [5.41, 5.74) is 7.97. The highest BCUT2D eigenvalue weighted by Gasteiger charge is 2.23. The highest BCUT2D eigenvalue weighted by molar-refractivity contribution is 7.98. The van der Waals surface area contributed by atoms with Gasteiger partial charge < -0.3 is 16.2 Å². The predicted octanol–water partition coefficient (Wildman–Crippen LogP) is 5.90. The number of halogens is 2. The summed E-state index contributed by atoms with van der Waals surface area (Å²) >= 11 is 1.68. The monoisotopic (exact) mass is 440 g/mol. The Balaban J connectivity index is 1.94. The van der Waals surface area contributed by atoms with Crippen LogP contribution in [0.1, 0.15) is 19.4 Å². The first-order valence-electron chi connectivity index (χ1n) is 9.84. The van der Waals surface area contributed by atoms with Gasteiger partial charge in [0.05, 0.1) is 11.6 Å². The summed E-state index contributed by atoms with van der Waals surface area (Å²) < 4.78 is 28.3. The zero-order valence-electron chi connectivity index (χ0n) is 17.7. The fraction of sp³-hybridized carbons (Fsp3) is 0.200. The minimum absolute atomic E-state index is 0.0384. The van der Waals surface area contributed by atoms with E-state index in [1.165, 1.54) is 23.1 Å². The molecule has 0 amide bonds. The molecule has 0 aliphatic heterocycles. The van der Waals surface area contributed by atoms with E-state index in [1.54, 1.807) is 25.6 Å². The largest absolute Gasteiger partial charge is 0.389 e. The van der Waals surface area contributed by atoms with Crippen LogP contribution in [0.4, 0.5) is 14.5 Å². The minimum atomic E-state index is -1.23. The lowest BCUT2D eigenvalue weighted by Crippen LogP contribution is -2.41. The molecule has 0 saturated heterocycles. The summed E-state index contributed by atoms with van der Waals surface area (Å²) in [7, 11) is 0. The van der Waals surface area contributed by atoms with Crippen molar-refractivity contribution in [2.45, 2.75) is 30.4 Å². The second kappa shape index (κ2) is 9.64. The first kappa shape index (κ1) is 23.0. The van der Waals surface area contributed by atoms with E-state index in [9.17, 15) is 13.9 Å². The van der Waals surface area contributed by atoms with Gasteiger partial charge in [-0.2, -0.15) is 0 Å². The molecule has 3 rings (SSSR count). The van der Waals surface area contributed by atoms with E-state index < -0.39 is 23.3 Å². The molecule has 0 fully saturated rings. The minimum Gasteiger partial charge on any atom is -0.389 e. The van der Waals surface area contributed by atoms with Crippen molar-refractivity contribution in [2.75, 3.05) is 11.6 Å². The lowest BCUT2D eigenvalue weighted by molar-refractivity contribution is 0.0672. The van der Waals surface area contributed by atoms with Crippen molar-refractivity contribution in [3.05, 3.63) is 90.0 Å². The molecule has 1 atom stereocenters. The Kier molecular flexibility index (Phi) is 7.15. The van der Waals surface area contributed by atoms with Crippen molar-refractivity contribution in [2.24, 2.45) is 5.73 Å². The third-order valence-electron chi connectivity index (χ3n) is 4.97. The van der Waals surface area contributed by atoms with Crippen molar-refractivity contribution in [3.8, 4) is 11.1 Å². The van der Waals surface area contributed by atoms with Gasteiger partial charge in [0, 0.05) is 21.8 Å². The lowest BCUT2D eigenvalue weighted by Gasteiger charge is -2.24. The Bertz CT molecular complexity index is 1080. The van der Waals surface area contributed by atoms with E-state index in [-0.39, 0.29) is 11.3 Å². The van der Waals surface area contributed by atoms with Crippen LogP contribution in [-0.4, -0.2) is 23.0 Å². The van der Waals surface area contributed by atoms with Crippen molar-refractivity contribution < 1.29 is 13.9 Å². The van der Waals surface area contributed by atoms with E-state index in [4.69, 9.17) is 5.73 Å². The third kappa shape index (κ3) is 5.73. The SMILES string of the molecule is CSc1cccc(-c2ccc(N/C(=C\C(N)C(C)(C)O)c3cccc(F)c3F)cc2)c1. The molecular weight excluding hydrogens is 414 g/mol. The molecule has 4 N–H and O–H groups in total. The Morgan fingerprint density at radius 2 is 1.71 bits per heavy atom. The van der Waals surface area contributed by atoms with Crippen LogP contribution in [0.2, 0.25) is 0 Å². The highest BCUT2D eigenvalue weighted by Crippen LogP contribution is 2.28. The van der Waals surface area contributed by atoms with Crippen molar-refractivity contribution >= 4 is 23.1 Å². The Hall–Kier alpha value is -2.67. The Morgan fingerprint density at radius 1 is 1.03 bits per heavy atom. The zero-order chi connectivity index (χ0) is 22.6. The molecule has 0 radical (unpaired) electrons. The number of hydrogen-bond acceptors (Lipinski definition) is 4. The van der Waals surface area contributed by atoms with Gasteiger partial charge in [-0.25, -0.2) is 8.78 Å². The van der Waals surface area contributed by atoms with E-state index >= 15 is 0 Å². The third-order valence-corrected chi connectivity index (χ3v) is 5.70. The van der Waals surface area contributed by atoms with Gasteiger partial charge in [-0.3, -0.25) is 0 Å². The van der Waals surface area contributed by atoms with Gasteiger partial charge in [0.1, 0.15) is 0 Å². The topological polar surface area (TPSA) is 58.3 Å². The Morgan fingerprint density at radius 3 is 2.35 bits per heavy atom. The molecule has 0 heterocycles. The number of thioether (sulfide) groups is 1. The summed E-state index contributed by atoms with van der Waals surface area (Å²) in [5, 5.41) is 13.3. The van der Waals surface area contributed by atoms with Crippen molar-refractivity contribution in [1.82, 2.24) is 0 Å². The molecule has 3 aromatic rings. The lowest BCUT2D eigenvalue weighted by atomic mass is 9.97. The maximum atomic E-state index is 14.5. The second-order valence-corrected chi connectivity index (χ2v) is 8.68. The van der Waals surface area contributed by atoms with E-state index in [0.717, 1.165) is 17.2 Å². The summed E-state index contributed by atoms with van der Waals surface area (Å²) in [4.78, 5) is 1.17. The average molecular weight is 441 g/mol. The molecule has 1 unspecified atom stereocenters. The van der Waals surface area contributed by atoms with Crippen LogP contribution in [0.3, 0.4) is 0 Å². The normalized spacial score (nSPS) is 13.2. The fourth-order valence-electron chi connectivity index (χ4n) is 3.00. The predicted molar refractivity (Wildman–Crippen MR) is 126 cm³/mol. The molecule has 0 aliphatic carbocycles. The first-order chi connectivity index (χ1) is 14.7. The molecule has 162 valence electrons. The number of benzene rings is 3. The van der Waals surface area contributed by atoms with E-state index in [2.05, 4.69) is 17.4 Å². The first-order valence-corrected chi connectivity index (χ1v) is 11.1. The van der Waals surface area contributed by atoms with Crippen LogP contribution in [0.15, 0.2) is 77.7 Å². The van der Waals surface area contributed by atoms with Crippen molar-refractivity contribution in [1.29, 1.82) is 0 Å². The van der Waals surface area contributed by atoms with Gasteiger partial charge in [0.15, 0.2) is 11.6 Å². The summed E-state index contributed by atoms with van der Waals surface area (Å²) in [5.74, 6) is -1.93. The Labute approximate surface area is 186 Å². The smallest absolute Gasteiger partial charge is 0.168 e. The van der Waals surface area contributed by atoms with Crippen molar-refractivity contribution in [3.63, 3.8) is 0 Å². The average Bonchev–Trinajstić information content (AvgIpc) is 2.75. The van der Waals surface area contributed by atoms with Gasteiger partial charge >= 0.3 is 0 Å². The van der Waals surface area contributed by atoms with Crippen LogP contribution in [0.25, 0.3) is 16.8 Å². The molecule has 31 heavy (non-hydrogen) atoms. The molecule has 3 aromatic carbocycles. The van der Waals surface area contributed by atoms with Crippen LogP contribution in [0.5, 0.6) is 0 Å². The standard InChI is InChI=1S/C25H26F2N2OS/c1-25(2,30)23(28)15-22(20-8-5-9-21(26)24(20)27)29-18-12-10-16(11-13-18)17-6-4-7-19(14-17)31-3/h4-15,23,29-30H,28H2,1-3H3/b22-15-. The van der Waals surface area contributed by atoms with E-state index in [0.29, 0.717) is 5.69 Å². The van der Waals surface area contributed by atoms with Gasteiger partial charge in [-0.05, 0) is 73.7 Å².